The first kappa shape index (κ1) is 10.4. The predicted octanol–water partition coefficient (Wildman–Crippen LogP) is 3.05. The van der Waals surface area contributed by atoms with Crippen molar-refractivity contribution in [1.29, 1.82) is 0 Å². The van der Waals surface area contributed by atoms with Crippen LogP contribution in [0.15, 0.2) is 0 Å². The maximum absolute atomic E-state index is 5.64. The fraction of sp³-hybridized carbons (Fsp3) is 1.00. The molecule has 1 fully saturated rings. The normalized spacial score (nSPS) is 21.0. The Kier molecular flexibility index (Phi) is 5.58. The van der Waals surface area contributed by atoms with Crippen LogP contribution in [0.2, 0.25) is 0 Å². The molecule has 1 aliphatic rings. The van der Waals surface area contributed by atoms with Crippen LogP contribution >= 0.6 is 17.8 Å². The summed E-state index contributed by atoms with van der Waals surface area (Å²) in [4.78, 5) is 0. The van der Waals surface area contributed by atoms with Gasteiger partial charge in [0.15, 0.2) is 0 Å². The molecule has 0 bridgehead atoms. The predicted molar refractivity (Wildman–Crippen MR) is 50.0 cm³/mol. The molecule has 65 valence electrons. The Morgan fingerprint density at radius 1 is 1.18 bits per heavy atom. The van der Waals surface area contributed by atoms with E-state index in [1.165, 1.54) is 32.1 Å². The summed E-state index contributed by atoms with van der Waals surface area (Å²) in [6.07, 6.45) is 6.73. The quantitative estimate of drug-likeness (QED) is 0.728. The van der Waals surface area contributed by atoms with E-state index in [-0.39, 0.29) is 0 Å². The first-order valence-corrected chi connectivity index (χ1v) is 12.5. The second kappa shape index (κ2) is 5.89. The van der Waals surface area contributed by atoms with Crippen molar-refractivity contribution in [2.75, 3.05) is 6.61 Å². The molecule has 1 radical (unpaired) electrons. The molecule has 0 aromatic heterocycles. The van der Waals surface area contributed by atoms with Crippen molar-refractivity contribution >= 4 is 35.8 Å². The first-order valence-electron chi connectivity index (χ1n) is 4.10. The fourth-order valence-corrected chi connectivity index (χ4v) is 3.41. The summed E-state index contributed by atoms with van der Waals surface area (Å²) in [5.41, 5.74) is 0. The summed E-state index contributed by atoms with van der Waals surface area (Å²) in [5, 5.41) is 0. The van der Waals surface area contributed by atoms with Gasteiger partial charge >= 0.3 is 83.5 Å². The van der Waals surface area contributed by atoms with E-state index in [0.717, 1.165) is 12.5 Å². The molecular weight excluding hydrogens is 290 g/mol. The molecule has 0 aromatic carbocycles. The number of halogens is 2. The summed E-state index contributed by atoms with van der Waals surface area (Å²) in [7, 11) is 11.3. The van der Waals surface area contributed by atoms with E-state index in [1.54, 1.807) is 0 Å². The fourth-order valence-electron chi connectivity index (χ4n) is 1.53. The van der Waals surface area contributed by atoms with Crippen LogP contribution in [-0.2, 0) is 3.07 Å². The van der Waals surface area contributed by atoms with Crippen molar-refractivity contribution < 1.29 is 3.07 Å². The Labute approximate surface area is 83.1 Å². The third kappa shape index (κ3) is 4.81. The van der Waals surface area contributed by atoms with Crippen LogP contribution in [-0.4, -0.2) is 24.5 Å². The Bertz CT molecular complexity index is 105. The van der Waals surface area contributed by atoms with Crippen molar-refractivity contribution in [3.05, 3.63) is 0 Å². The van der Waals surface area contributed by atoms with E-state index >= 15 is 0 Å². The summed E-state index contributed by atoms with van der Waals surface area (Å²) in [6.45, 7) is 0.821. The van der Waals surface area contributed by atoms with Gasteiger partial charge in [0.2, 0.25) is 0 Å². The topological polar surface area (TPSA) is 9.23 Å². The van der Waals surface area contributed by atoms with Gasteiger partial charge in [-0.1, -0.05) is 0 Å². The second-order valence-electron chi connectivity index (χ2n) is 3.04. The molecule has 0 amide bonds. The molecule has 0 atom stereocenters. The average Bonchev–Trinajstić information content (AvgIpc) is 2.03. The molecule has 1 nitrogen and oxygen atoms in total. The van der Waals surface area contributed by atoms with Crippen LogP contribution in [0.4, 0.5) is 0 Å². The van der Waals surface area contributed by atoms with Gasteiger partial charge in [0.25, 0.3) is 0 Å². The van der Waals surface area contributed by atoms with Crippen molar-refractivity contribution in [3.8, 4) is 0 Å². The van der Waals surface area contributed by atoms with E-state index in [0.29, 0.717) is 0 Å². The minimum absolute atomic E-state index is 0.747. The van der Waals surface area contributed by atoms with E-state index in [4.69, 9.17) is 20.9 Å². The summed E-state index contributed by atoms with van der Waals surface area (Å²) < 4.78 is 5.31. The van der Waals surface area contributed by atoms with Crippen molar-refractivity contribution in [2.24, 2.45) is 5.92 Å². The molecule has 0 saturated heterocycles. The van der Waals surface area contributed by atoms with Crippen LogP contribution in [0.5, 0.6) is 0 Å². The number of rotatable bonds is 3. The molecule has 1 rings (SSSR count). The van der Waals surface area contributed by atoms with Crippen LogP contribution in [0.1, 0.15) is 32.1 Å². The molecule has 4 heteroatoms. The van der Waals surface area contributed by atoms with E-state index < -0.39 is 17.9 Å². The minimum atomic E-state index is -2.28. The van der Waals surface area contributed by atoms with Gasteiger partial charge in [-0.3, -0.25) is 0 Å². The van der Waals surface area contributed by atoms with Gasteiger partial charge < -0.3 is 0 Å². The van der Waals surface area contributed by atoms with Crippen molar-refractivity contribution in [2.45, 2.75) is 32.1 Å². The van der Waals surface area contributed by atoms with Crippen LogP contribution in [0.3, 0.4) is 0 Å². The molecule has 0 heterocycles. The molecule has 11 heavy (non-hydrogen) atoms. The summed E-state index contributed by atoms with van der Waals surface area (Å²) in [6, 6.07) is 0. The first-order chi connectivity index (χ1) is 5.29. The third-order valence-corrected chi connectivity index (χ3v) is 4.72. The van der Waals surface area contributed by atoms with Gasteiger partial charge in [0.1, 0.15) is 0 Å². The molecule has 0 spiro atoms. The molecule has 1 saturated carbocycles. The van der Waals surface area contributed by atoms with E-state index in [1.807, 2.05) is 0 Å². The number of hydrogen-bond acceptors (Lipinski definition) is 1. The van der Waals surface area contributed by atoms with Crippen LogP contribution < -0.4 is 0 Å². The SMILES string of the molecule is [Cl][Sn]([Cl])[O]CC1CCCCC1. The summed E-state index contributed by atoms with van der Waals surface area (Å²) >= 11 is -2.28. The van der Waals surface area contributed by atoms with Crippen molar-refractivity contribution in [1.82, 2.24) is 0 Å². The van der Waals surface area contributed by atoms with Crippen LogP contribution in [0, 0.1) is 5.92 Å². The Morgan fingerprint density at radius 3 is 2.36 bits per heavy atom. The zero-order valence-electron chi connectivity index (χ0n) is 6.48. The molecule has 0 unspecified atom stereocenters. The molecule has 1 aliphatic carbocycles. The van der Waals surface area contributed by atoms with Crippen LogP contribution in [0.25, 0.3) is 0 Å². The molecular formula is C7H13Cl2OSn. The monoisotopic (exact) mass is 303 g/mol. The maximum atomic E-state index is 5.64. The Hall–Kier alpha value is 1.34. The zero-order valence-corrected chi connectivity index (χ0v) is 10.9. The molecule has 0 aliphatic heterocycles. The second-order valence-corrected chi connectivity index (χ2v) is 11.1. The molecule has 0 aromatic rings. The Balaban J connectivity index is 2.05. The van der Waals surface area contributed by atoms with E-state index in [2.05, 4.69) is 0 Å². The van der Waals surface area contributed by atoms with Gasteiger partial charge in [0, 0.05) is 0 Å². The van der Waals surface area contributed by atoms with Gasteiger partial charge in [-0.25, -0.2) is 0 Å². The van der Waals surface area contributed by atoms with Gasteiger partial charge in [-0.15, -0.1) is 0 Å². The van der Waals surface area contributed by atoms with Gasteiger partial charge in [-0.05, 0) is 0 Å². The van der Waals surface area contributed by atoms with E-state index in [9.17, 15) is 0 Å². The Morgan fingerprint density at radius 2 is 1.82 bits per heavy atom. The van der Waals surface area contributed by atoms with Gasteiger partial charge in [-0.2, -0.15) is 0 Å². The summed E-state index contributed by atoms with van der Waals surface area (Å²) in [5.74, 6) is 0.747. The van der Waals surface area contributed by atoms with Crippen molar-refractivity contribution in [3.63, 3.8) is 0 Å². The molecule has 0 N–H and O–H groups in total. The van der Waals surface area contributed by atoms with Gasteiger partial charge in [0.05, 0.1) is 0 Å². The average molecular weight is 303 g/mol. The standard InChI is InChI=1S/C7H13O.2ClH.Sn/c8-6-7-4-2-1-3-5-7;;;/h7H,1-6H2;2*1H;/q-1;;;+3/p-2. The number of hydrogen-bond donors (Lipinski definition) is 0. The third-order valence-electron chi connectivity index (χ3n) is 2.15. The zero-order chi connectivity index (χ0) is 8.10.